The number of carbonyl (C=O) groups is 5. The highest BCUT2D eigenvalue weighted by Crippen LogP contribution is 2.48. The highest BCUT2D eigenvalue weighted by Gasteiger charge is 2.54. The third-order valence-electron chi connectivity index (χ3n) is 14.8. The molecule has 5 rings (SSSR count). The predicted molar refractivity (Wildman–Crippen MR) is 286 cm³/mol. The molecule has 2 aliphatic carbocycles. The van der Waals surface area contributed by atoms with E-state index in [-0.39, 0.29) is 60.4 Å². The molecule has 1 spiro atoms. The zero-order valence-corrected chi connectivity index (χ0v) is 45.4. The lowest BCUT2D eigenvalue weighted by Crippen LogP contribution is -2.56. The van der Waals surface area contributed by atoms with Gasteiger partial charge in [-0.05, 0) is 134 Å². The number of esters is 2. The first kappa shape index (κ1) is 62.0. The summed E-state index contributed by atoms with van der Waals surface area (Å²) in [6.45, 7) is 26.6. The SMILES string of the molecule is C.CC(C)(C)C1CCC(=O)CC1.CCCC[C@@H](NC(=O)C(N)CC(C)C)c1ccc(C(=O)OC)cc1.CCCC[C@H](c1ccc(C(=O)OC)cc1)N1C(=O)C(CC(C)C)NC12CCC(C(C)(C)C)CC2. The van der Waals surface area contributed by atoms with Gasteiger partial charge in [-0.15, -0.1) is 0 Å². The number of ether oxygens (including phenoxy) is 2. The first-order valence-electron chi connectivity index (χ1n) is 26.5. The molecule has 11 heteroatoms. The van der Waals surface area contributed by atoms with Crippen molar-refractivity contribution in [2.24, 2.45) is 40.2 Å². The molecule has 3 aliphatic rings. The van der Waals surface area contributed by atoms with Crippen molar-refractivity contribution < 1.29 is 33.4 Å². The Morgan fingerprint density at radius 2 is 1.19 bits per heavy atom. The lowest BCUT2D eigenvalue weighted by molar-refractivity contribution is -0.137. The Morgan fingerprint density at radius 3 is 1.61 bits per heavy atom. The minimum Gasteiger partial charge on any atom is -0.465 e. The van der Waals surface area contributed by atoms with Crippen LogP contribution < -0.4 is 16.4 Å². The van der Waals surface area contributed by atoms with Gasteiger partial charge in [-0.25, -0.2) is 9.59 Å². The number of rotatable bonds is 17. The number of nitrogens with one attached hydrogen (secondary N) is 2. The van der Waals surface area contributed by atoms with Crippen molar-refractivity contribution >= 4 is 29.5 Å². The molecule has 2 saturated carbocycles. The van der Waals surface area contributed by atoms with Gasteiger partial charge in [-0.1, -0.05) is 140 Å². The van der Waals surface area contributed by atoms with Crippen molar-refractivity contribution in [1.82, 2.24) is 15.5 Å². The van der Waals surface area contributed by atoms with Crippen LogP contribution in [0.25, 0.3) is 0 Å². The lowest BCUT2D eigenvalue weighted by Gasteiger charge is -2.49. The van der Waals surface area contributed by atoms with Gasteiger partial charge in [0.15, 0.2) is 0 Å². The van der Waals surface area contributed by atoms with Crippen LogP contribution in [0.2, 0.25) is 0 Å². The Labute approximate surface area is 425 Å². The van der Waals surface area contributed by atoms with E-state index in [4.69, 9.17) is 15.2 Å². The largest absolute Gasteiger partial charge is 0.465 e. The van der Waals surface area contributed by atoms with Crippen molar-refractivity contribution in [3.63, 3.8) is 0 Å². The fraction of sp³-hybridized carbons (Fsp3) is 0.712. The van der Waals surface area contributed by atoms with E-state index in [1.807, 2.05) is 50.2 Å². The zero-order valence-electron chi connectivity index (χ0n) is 45.4. The van der Waals surface area contributed by atoms with Crippen molar-refractivity contribution in [2.45, 2.75) is 223 Å². The van der Waals surface area contributed by atoms with Gasteiger partial charge >= 0.3 is 11.9 Å². The Bertz CT molecular complexity index is 1900. The number of benzene rings is 2. The van der Waals surface area contributed by atoms with Crippen LogP contribution in [0, 0.1) is 34.5 Å². The fourth-order valence-electron chi connectivity index (χ4n) is 10.5. The smallest absolute Gasteiger partial charge is 0.337 e. The first-order valence-corrected chi connectivity index (χ1v) is 26.5. The molecule has 3 fully saturated rings. The van der Waals surface area contributed by atoms with Gasteiger partial charge in [0.1, 0.15) is 5.78 Å². The second kappa shape index (κ2) is 28.8. The number of hydrogen-bond acceptors (Lipinski definition) is 9. The topological polar surface area (TPSA) is 157 Å². The number of hydrogen-bond donors (Lipinski definition) is 3. The van der Waals surface area contributed by atoms with E-state index in [0.29, 0.717) is 46.5 Å². The predicted octanol–water partition coefficient (Wildman–Crippen LogP) is 13.1. The van der Waals surface area contributed by atoms with Crippen LogP contribution in [0.3, 0.4) is 0 Å². The third-order valence-corrected chi connectivity index (χ3v) is 14.8. The van der Waals surface area contributed by atoms with E-state index < -0.39 is 6.04 Å². The van der Waals surface area contributed by atoms with E-state index in [2.05, 4.69) is 84.8 Å². The van der Waals surface area contributed by atoms with E-state index in [1.165, 1.54) is 14.2 Å². The molecule has 2 unspecified atom stereocenters. The summed E-state index contributed by atoms with van der Waals surface area (Å²) in [5.41, 5.74) is 9.52. The number of nitrogens with two attached hydrogens (primary N) is 1. The van der Waals surface area contributed by atoms with Gasteiger partial charge < -0.3 is 25.4 Å². The number of Topliss-reactive ketones (excluding diaryl/α,β-unsaturated/α-hetero) is 1. The highest BCUT2D eigenvalue weighted by atomic mass is 16.5. The van der Waals surface area contributed by atoms with Crippen LogP contribution >= 0.6 is 0 Å². The molecule has 11 nitrogen and oxygen atoms in total. The maximum atomic E-state index is 14.0. The van der Waals surface area contributed by atoms with E-state index in [9.17, 15) is 24.0 Å². The summed E-state index contributed by atoms with van der Waals surface area (Å²) in [6, 6.07) is 14.2. The Morgan fingerprint density at radius 1 is 0.729 bits per heavy atom. The Balaban J connectivity index is 0.000000404. The molecule has 4 atom stereocenters. The van der Waals surface area contributed by atoms with Crippen LogP contribution in [0.15, 0.2) is 48.5 Å². The van der Waals surface area contributed by atoms with Gasteiger partial charge in [0.2, 0.25) is 11.8 Å². The summed E-state index contributed by atoms with van der Waals surface area (Å²) >= 11 is 0. The standard InChI is InChI=1S/C29H46N2O3.C19H30N2O3.C10H18O.CH4/c1-8-9-10-25(21-11-13-22(14-12-21)27(33)34-7)31-26(32)24(19-20(2)3)30-29(31)17-15-23(16-18-29)28(4,5)6;1-5-6-7-17(21-18(22)16(20)12-13(2)3)14-8-10-15(11-9-14)19(23)24-4;1-10(2,3)8-4-6-9(11)7-5-8;/h11-14,20,23-25,30H,8-10,15-19H2,1-7H3;8-11,13,16-17H,5-7,12,20H2,1-4H3,(H,21,22);8H,4-7H2,1-3H3;1H4/t23?,24?,25-,29?;16?,17-;;/m11../s1. The highest BCUT2D eigenvalue weighted by molar-refractivity contribution is 5.90. The molecule has 2 aromatic carbocycles. The van der Waals surface area contributed by atoms with Gasteiger partial charge in [-0.3, -0.25) is 19.7 Å². The summed E-state index contributed by atoms with van der Waals surface area (Å²) in [6.07, 6.45) is 15.6. The Kier molecular flexibility index (Phi) is 25.5. The van der Waals surface area contributed by atoms with Crippen LogP contribution in [0.1, 0.15) is 237 Å². The molecule has 0 aromatic heterocycles. The average molecular weight is 975 g/mol. The Hall–Kier alpha value is -4.09. The summed E-state index contributed by atoms with van der Waals surface area (Å²) in [4.78, 5) is 63.0. The molecule has 2 amide bonds. The average Bonchev–Trinajstić information content (AvgIpc) is 3.55. The van der Waals surface area contributed by atoms with Crippen LogP contribution in [-0.2, 0) is 23.9 Å². The quantitative estimate of drug-likeness (QED) is 0.131. The fourth-order valence-corrected chi connectivity index (χ4v) is 10.5. The molecule has 0 radical (unpaired) electrons. The normalized spacial score (nSPS) is 20.9. The van der Waals surface area contributed by atoms with E-state index in [0.717, 1.165) is 113 Å². The number of ketones is 1. The maximum absolute atomic E-state index is 14.0. The molecule has 396 valence electrons. The number of unbranched alkanes of at least 4 members (excludes halogenated alkanes) is 2. The number of carbonyl (C=O) groups excluding carboxylic acids is 5. The molecular formula is C59H98N4O7. The van der Waals surface area contributed by atoms with Crippen molar-refractivity contribution in [3.05, 3.63) is 70.8 Å². The number of amides is 2. The van der Waals surface area contributed by atoms with Crippen molar-refractivity contribution in [2.75, 3.05) is 14.2 Å². The lowest BCUT2D eigenvalue weighted by atomic mass is 9.69. The summed E-state index contributed by atoms with van der Waals surface area (Å²) < 4.78 is 9.59. The van der Waals surface area contributed by atoms with Gasteiger partial charge in [-0.2, -0.15) is 0 Å². The van der Waals surface area contributed by atoms with Crippen LogP contribution in [0.5, 0.6) is 0 Å². The van der Waals surface area contributed by atoms with Crippen LogP contribution in [-0.4, -0.2) is 66.4 Å². The molecule has 1 saturated heterocycles. The zero-order chi connectivity index (χ0) is 51.7. The summed E-state index contributed by atoms with van der Waals surface area (Å²) in [5, 5.41) is 6.93. The summed E-state index contributed by atoms with van der Waals surface area (Å²) in [7, 11) is 2.76. The number of nitrogens with zero attached hydrogens (tertiary/aromatic N) is 1. The summed E-state index contributed by atoms with van der Waals surface area (Å²) in [5.74, 6) is 2.17. The van der Waals surface area contributed by atoms with Gasteiger partial charge in [0.05, 0.1) is 55.2 Å². The molecule has 70 heavy (non-hydrogen) atoms. The minimum absolute atomic E-state index is 0. The second-order valence-corrected chi connectivity index (χ2v) is 23.2. The van der Waals surface area contributed by atoms with E-state index in [1.54, 1.807) is 12.1 Å². The maximum Gasteiger partial charge on any atom is 0.337 e. The van der Waals surface area contributed by atoms with Gasteiger partial charge in [0.25, 0.3) is 0 Å². The third kappa shape index (κ3) is 18.5. The second-order valence-electron chi connectivity index (χ2n) is 23.2. The van der Waals surface area contributed by atoms with Crippen LogP contribution in [0.4, 0.5) is 0 Å². The molecule has 0 bridgehead atoms. The molecular weight excluding hydrogens is 877 g/mol. The first-order chi connectivity index (χ1) is 32.4. The molecule has 4 N–H and O–H groups in total. The van der Waals surface area contributed by atoms with Crippen molar-refractivity contribution in [1.29, 1.82) is 0 Å². The monoisotopic (exact) mass is 975 g/mol. The van der Waals surface area contributed by atoms with Crippen molar-refractivity contribution in [3.8, 4) is 0 Å². The van der Waals surface area contributed by atoms with Gasteiger partial charge in [0, 0.05) is 12.8 Å². The minimum atomic E-state index is -0.497. The molecule has 2 aromatic rings. The number of methoxy groups -OCH3 is 2. The molecule has 1 aliphatic heterocycles. The van der Waals surface area contributed by atoms with E-state index >= 15 is 0 Å². The molecule has 1 heterocycles.